The average Bonchev–Trinajstić information content (AvgIpc) is 2.25. The third kappa shape index (κ3) is 1.82. The first-order valence-electron chi connectivity index (χ1n) is 5.58. The van der Waals surface area contributed by atoms with Crippen LogP contribution in [0.25, 0.3) is 0 Å². The number of carbonyl (C=O) groups is 1. The van der Waals surface area contributed by atoms with Gasteiger partial charge in [0.25, 0.3) is 0 Å². The molecule has 0 radical (unpaired) electrons. The summed E-state index contributed by atoms with van der Waals surface area (Å²) in [5.74, 6) is 0.115. The van der Waals surface area contributed by atoms with Crippen molar-refractivity contribution in [1.82, 2.24) is 0 Å². The Morgan fingerprint density at radius 1 is 1.47 bits per heavy atom. The normalized spacial score (nSPS) is 18.3. The molecule has 2 nitrogen and oxygen atoms in total. The lowest BCUT2D eigenvalue weighted by Gasteiger charge is -2.36. The number of nitrogens with two attached hydrogens (primary N) is 1. The van der Waals surface area contributed by atoms with Crippen LogP contribution in [0.2, 0.25) is 0 Å². The third-order valence-corrected chi connectivity index (χ3v) is 3.30. The summed E-state index contributed by atoms with van der Waals surface area (Å²) in [7, 11) is 0. The van der Waals surface area contributed by atoms with Gasteiger partial charge in [0.05, 0.1) is 5.54 Å². The van der Waals surface area contributed by atoms with Gasteiger partial charge in [0.2, 0.25) is 0 Å². The van der Waals surface area contributed by atoms with Gasteiger partial charge in [-0.15, -0.1) is 0 Å². The van der Waals surface area contributed by atoms with Gasteiger partial charge in [0.15, 0.2) is 5.78 Å². The first-order valence-corrected chi connectivity index (χ1v) is 5.58. The summed E-state index contributed by atoms with van der Waals surface area (Å²) in [6.07, 6.45) is 3.71. The number of hydrogen-bond acceptors (Lipinski definition) is 2. The standard InChI is InChI=1S/C13H17NO/c1-2-10-5-3-6-11(9-10)12(15)13(14)7-4-8-13/h3,5-6,9H,2,4,7-8,14H2,1H3. The Morgan fingerprint density at radius 3 is 2.73 bits per heavy atom. The minimum Gasteiger partial charge on any atom is -0.319 e. The zero-order chi connectivity index (χ0) is 10.9. The predicted octanol–water partition coefficient (Wildman–Crippen LogP) is 2.31. The summed E-state index contributed by atoms with van der Waals surface area (Å²) in [6, 6.07) is 7.82. The number of ketones is 1. The van der Waals surface area contributed by atoms with Gasteiger partial charge in [0.1, 0.15) is 0 Å². The summed E-state index contributed by atoms with van der Waals surface area (Å²) in [6.45, 7) is 2.09. The summed E-state index contributed by atoms with van der Waals surface area (Å²) in [5.41, 5.74) is 7.43. The van der Waals surface area contributed by atoms with E-state index in [1.165, 1.54) is 5.56 Å². The van der Waals surface area contributed by atoms with Crippen LogP contribution in [0.15, 0.2) is 24.3 Å². The number of rotatable bonds is 3. The van der Waals surface area contributed by atoms with E-state index in [9.17, 15) is 4.79 Å². The van der Waals surface area contributed by atoms with E-state index in [1.54, 1.807) is 0 Å². The molecule has 2 rings (SSSR count). The molecule has 0 unspecified atom stereocenters. The average molecular weight is 203 g/mol. The van der Waals surface area contributed by atoms with Crippen LogP contribution < -0.4 is 5.73 Å². The summed E-state index contributed by atoms with van der Waals surface area (Å²) >= 11 is 0. The molecule has 1 fully saturated rings. The maximum Gasteiger partial charge on any atom is 0.182 e. The van der Waals surface area contributed by atoms with Crippen LogP contribution in [0.4, 0.5) is 0 Å². The molecule has 0 heterocycles. The Balaban J connectivity index is 2.25. The molecule has 0 aliphatic heterocycles. The maximum atomic E-state index is 12.1. The topological polar surface area (TPSA) is 43.1 Å². The van der Waals surface area contributed by atoms with Crippen molar-refractivity contribution in [3.63, 3.8) is 0 Å². The molecule has 80 valence electrons. The fraction of sp³-hybridized carbons (Fsp3) is 0.462. The van der Waals surface area contributed by atoms with E-state index >= 15 is 0 Å². The Kier molecular flexibility index (Phi) is 2.61. The van der Waals surface area contributed by atoms with Crippen molar-refractivity contribution in [1.29, 1.82) is 0 Å². The first kappa shape index (κ1) is 10.4. The smallest absolute Gasteiger partial charge is 0.182 e. The highest BCUT2D eigenvalue weighted by molar-refractivity contribution is 6.03. The van der Waals surface area contributed by atoms with Gasteiger partial charge in [-0.1, -0.05) is 25.1 Å². The molecule has 1 aliphatic rings. The van der Waals surface area contributed by atoms with Gasteiger partial charge >= 0.3 is 0 Å². The number of Topliss-reactive ketones (excluding diaryl/α,β-unsaturated/α-hetero) is 1. The van der Waals surface area contributed by atoms with Gasteiger partial charge in [-0.2, -0.15) is 0 Å². The molecule has 2 heteroatoms. The van der Waals surface area contributed by atoms with E-state index in [0.717, 1.165) is 31.2 Å². The largest absolute Gasteiger partial charge is 0.319 e. The molecule has 0 amide bonds. The Labute approximate surface area is 90.5 Å². The van der Waals surface area contributed by atoms with Crippen molar-refractivity contribution in [2.24, 2.45) is 5.73 Å². The molecular formula is C13H17NO. The number of hydrogen-bond donors (Lipinski definition) is 1. The van der Waals surface area contributed by atoms with Crippen LogP contribution in [-0.4, -0.2) is 11.3 Å². The minimum atomic E-state index is -0.563. The van der Waals surface area contributed by atoms with Crippen molar-refractivity contribution in [2.75, 3.05) is 0 Å². The van der Waals surface area contributed by atoms with Crippen LogP contribution in [0.5, 0.6) is 0 Å². The first-order chi connectivity index (χ1) is 7.15. The van der Waals surface area contributed by atoms with Crippen LogP contribution >= 0.6 is 0 Å². The van der Waals surface area contributed by atoms with Crippen molar-refractivity contribution >= 4 is 5.78 Å². The van der Waals surface area contributed by atoms with Crippen molar-refractivity contribution in [2.45, 2.75) is 38.1 Å². The van der Waals surface area contributed by atoms with Gasteiger partial charge in [0, 0.05) is 5.56 Å². The summed E-state index contributed by atoms with van der Waals surface area (Å²) in [4.78, 5) is 12.1. The molecule has 15 heavy (non-hydrogen) atoms. The fourth-order valence-electron chi connectivity index (χ4n) is 2.00. The van der Waals surface area contributed by atoms with Crippen molar-refractivity contribution in [3.05, 3.63) is 35.4 Å². The number of aryl methyl sites for hydroxylation is 1. The zero-order valence-electron chi connectivity index (χ0n) is 9.12. The van der Waals surface area contributed by atoms with Crippen molar-refractivity contribution in [3.8, 4) is 0 Å². The number of carbonyl (C=O) groups excluding carboxylic acids is 1. The lowest BCUT2D eigenvalue weighted by Crippen LogP contribution is -2.53. The van der Waals surface area contributed by atoms with Gasteiger partial charge < -0.3 is 5.73 Å². The Bertz CT molecular complexity index is 380. The van der Waals surface area contributed by atoms with Crippen LogP contribution in [-0.2, 0) is 6.42 Å². The van der Waals surface area contributed by atoms with Crippen LogP contribution in [0.3, 0.4) is 0 Å². The minimum absolute atomic E-state index is 0.115. The molecule has 0 spiro atoms. The Morgan fingerprint density at radius 2 is 2.20 bits per heavy atom. The highest BCUT2D eigenvalue weighted by Gasteiger charge is 2.40. The molecule has 1 aliphatic carbocycles. The second-order valence-electron chi connectivity index (χ2n) is 4.39. The molecule has 1 aromatic carbocycles. The molecule has 1 aromatic rings. The maximum absolute atomic E-state index is 12.1. The molecule has 0 aromatic heterocycles. The number of benzene rings is 1. The molecule has 0 bridgehead atoms. The fourth-order valence-corrected chi connectivity index (χ4v) is 2.00. The SMILES string of the molecule is CCc1cccc(C(=O)C2(N)CCC2)c1. The molecule has 0 atom stereocenters. The van der Waals surface area contributed by atoms with Crippen molar-refractivity contribution < 1.29 is 4.79 Å². The van der Waals surface area contributed by atoms with E-state index in [0.29, 0.717) is 0 Å². The summed E-state index contributed by atoms with van der Waals surface area (Å²) in [5, 5.41) is 0. The lowest BCUT2D eigenvalue weighted by molar-refractivity contribution is 0.0800. The highest BCUT2D eigenvalue weighted by atomic mass is 16.1. The quantitative estimate of drug-likeness (QED) is 0.766. The van der Waals surface area contributed by atoms with E-state index < -0.39 is 5.54 Å². The van der Waals surface area contributed by atoms with Gasteiger partial charge in [-0.3, -0.25) is 4.79 Å². The second kappa shape index (κ2) is 3.78. The van der Waals surface area contributed by atoms with E-state index in [-0.39, 0.29) is 5.78 Å². The van der Waals surface area contributed by atoms with E-state index in [1.807, 2.05) is 24.3 Å². The van der Waals surface area contributed by atoms with Crippen LogP contribution in [0, 0.1) is 0 Å². The lowest BCUT2D eigenvalue weighted by atomic mass is 9.72. The molecule has 2 N–H and O–H groups in total. The highest BCUT2D eigenvalue weighted by Crippen LogP contribution is 2.32. The zero-order valence-corrected chi connectivity index (χ0v) is 9.12. The van der Waals surface area contributed by atoms with E-state index in [2.05, 4.69) is 6.92 Å². The predicted molar refractivity (Wildman–Crippen MR) is 60.9 cm³/mol. The third-order valence-electron chi connectivity index (χ3n) is 3.30. The monoisotopic (exact) mass is 203 g/mol. The summed E-state index contributed by atoms with van der Waals surface area (Å²) < 4.78 is 0. The molecule has 0 saturated heterocycles. The Hall–Kier alpha value is -1.15. The molecule has 1 saturated carbocycles. The molecular weight excluding hydrogens is 186 g/mol. The van der Waals surface area contributed by atoms with Gasteiger partial charge in [-0.05, 0) is 37.3 Å². The van der Waals surface area contributed by atoms with Gasteiger partial charge in [-0.25, -0.2) is 0 Å². The second-order valence-corrected chi connectivity index (χ2v) is 4.39. The van der Waals surface area contributed by atoms with E-state index in [4.69, 9.17) is 5.73 Å². The van der Waals surface area contributed by atoms with Crippen LogP contribution in [0.1, 0.15) is 42.1 Å².